The summed E-state index contributed by atoms with van der Waals surface area (Å²) >= 11 is 0. The first-order chi connectivity index (χ1) is 9.61. The molecule has 0 spiro atoms. The van der Waals surface area contributed by atoms with Crippen LogP contribution in [0.1, 0.15) is 34.5 Å². The van der Waals surface area contributed by atoms with Crippen LogP contribution in [0.25, 0.3) is 0 Å². The Morgan fingerprint density at radius 1 is 1.20 bits per heavy atom. The van der Waals surface area contributed by atoms with Gasteiger partial charge in [0.1, 0.15) is 0 Å². The highest BCUT2D eigenvalue weighted by Crippen LogP contribution is 2.17. The third-order valence-corrected chi connectivity index (χ3v) is 3.31. The Labute approximate surface area is 119 Å². The SMILES string of the molecule is CNc1ccc(C(=O)NC(C)c2ccncc2)cc1C. The van der Waals surface area contributed by atoms with Crippen molar-refractivity contribution >= 4 is 11.6 Å². The largest absolute Gasteiger partial charge is 0.388 e. The molecule has 1 atom stereocenters. The molecule has 104 valence electrons. The number of amides is 1. The molecule has 1 amide bonds. The zero-order valence-electron chi connectivity index (χ0n) is 12.0. The van der Waals surface area contributed by atoms with E-state index in [1.165, 1.54) is 0 Å². The Hall–Kier alpha value is -2.36. The number of nitrogens with zero attached hydrogens (tertiary/aromatic N) is 1. The second kappa shape index (κ2) is 6.19. The summed E-state index contributed by atoms with van der Waals surface area (Å²) in [6.07, 6.45) is 3.45. The number of pyridine rings is 1. The smallest absolute Gasteiger partial charge is 0.251 e. The summed E-state index contributed by atoms with van der Waals surface area (Å²) in [5, 5.41) is 6.08. The maximum absolute atomic E-state index is 12.2. The first-order valence-electron chi connectivity index (χ1n) is 6.61. The second-order valence-electron chi connectivity index (χ2n) is 4.76. The summed E-state index contributed by atoms with van der Waals surface area (Å²) < 4.78 is 0. The van der Waals surface area contributed by atoms with E-state index in [4.69, 9.17) is 0 Å². The van der Waals surface area contributed by atoms with Crippen molar-refractivity contribution in [3.8, 4) is 0 Å². The molecule has 1 unspecified atom stereocenters. The molecule has 2 aromatic rings. The standard InChI is InChI=1S/C16H19N3O/c1-11-10-14(4-5-15(11)17-3)16(20)19-12(2)13-6-8-18-9-7-13/h4-10,12,17H,1-3H3,(H,19,20). The van der Waals surface area contributed by atoms with E-state index in [0.717, 1.165) is 16.8 Å². The number of hydrogen-bond acceptors (Lipinski definition) is 3. The molecule has 0 fully saturated rings. The van der Waals surface area contributed by atoms with Crippen LogP contribution >= 0.6 is 0 Å². The van der Waals surface area contributed by atoms with E-state index >= 15 is 0 Å². The Morgan fingerprint density at radius 3 is 2.50 bits per heavy atom. The van der Waals surface area contributed by atoms with Gasteiger partial charge in [-0.3, -0.25) is 9.78 Å². The molecule has 0 saturated carbocycles. The van der Waals surface area contributed by atoms with Gasteiger partial charge in [-0.05, 0) is 55.3 Å². The molecule has 0 aliphatic rings. The Kier molecular flexibility index (Phi) is 4.35. The van der Waals surface area contributed by atoms with Crippen LogP contribution in [-0.4, -0.2) is 17.9 Å². The van der Waals surface area contributed by atoms with Gasteiger partial charge >= 0.3 is 0 Å². The highest BCUT2D eigenvalue weighted by atomic mass is 16.1. The van der Waals surface area contributed by atoms with E-state index in [-0.39, 0.29) is 11.9 Å². The van der Waals surface area contributed by atoms with E-state index in [2.05, 4.69) is 15.6 Å². The van der Waals surface area contributed by atoms with Crippen molar-refractivity contribution in [2.24, 2.45) is 0 Å². The van der Waals surface area contributed by atoms with Crippen LogP contribution in [0.4, 0.5) is 5.69 Å². The average Bonchev–Trinajstić information content (AvgIpc) is 2.48. The molecule has 2 N–H and O–H groups in total. The van der Waals surface area contributed by atoms with Gasteiger partial charge in [-0.25, -0.2) is 0 Å². The normalized spacial score (nSPS) is 11.8. The van der Waals surface area contributed by atoms with Crippen LogP contribution < -0.4 is 10.6 Å². The summed E-state index contributed by atoms with van der Waals surface area (Å²) in [5.41, 5.74) is 3.79. The first-order valence-corrected chi connectivity index (χ1v) is 6.61. The number of benzene rings is 1. The average molecular weight is 269 g/mol. The number of anilines is 1. The summed E-state index contributed by atoms with van der Waals surface area (Å²) in [5.74, 6) is -0.0694. The zero-order valence-corrected chi connectivity index (χ0v) is 12.0. The second-order valence-corrected chi connectivity index (χ2v) is 4.76. The molecule has 4 nitrogen and oxygen atoms in total. The predicted octanol–water partition coefficient (Wildman–Crippen LogP) is 2.92. The molecule has 1 heterocycles. The molecule has 0 aliphatic carbocycles. The first kappa shape index (κ1) is 14.1. The highest BCUT2D eigenvalue weighted by molar-refractivity contribution is 5.95. The van der Waals surface area contributed by atoms with E-state index in [1.807, 2.05) is 51.2 Å². The molecule has 1 aromatic heterocycles. The lowest BCUT2D eigenvalue weighted by Gasteiger charge is -2.15. The quantitative estimate of drug-likeness (QED) is 0.897. The van der Waals surface area contributed by atoms with Gasteiger partial charge in [0.05, 0.1) is 6.04 Å². The van der Waals surface area contributed by atoms with E-state index in [1.54, 1.807) is 12.4 Å². The van der Waals surface area contributed by atoms with Crippen LogP contribution in [0.3, 0.4) is 0 Å². The van der Waals surface area contributed by atoms with Crippen molar-refractivity contribution < 1.29 is 4.79 Å². The van der Waals surface area contributed by atoms with Crippen molar-refractivity contribution in [3.05, 3.63) is 59.4 Å². The van der Waals surface area contributed by atoms with Crippen LogP contribution in [0.15, 0.2) is 42.7 Å². The minimum Gasteiger partial charge on any atom is -0.388 e. The molecule has 4 heteroatoms. The minimum atomic E-state index is -0.0694. The molecular formula is C16H19N3O. The van der Waals surface area contributed by atoms with Crippen molar-refractivity contribution in [1.82, 2.24) is 10.3 Å². The van der Waals surface area contributed by atoms with Gasteiger partial charge < -0.3 is 10.6 Å². The summed E-state index contributed by atoms with van der Waals surface area (Å²) in [7, 11) is 1.87. The summed E-state index contributed by atoms with van der Waals surface area (Å²) in [6.45, 7) is 3.94. The predicted molar refractivity (Wildman–Crippen MR) is 80.8 cm³/mol. The lowest BCUT2D eigenvalue weighted by atomic mass is 10.1. The van der Waals surface area contributed by atoms with Gasteiger partial charge in [-0.15, -0.1) is 0 Å². The third-order valence-electron chi connectivity index (χ3n) is 3.31. The van der Waals surface area contributed by atoms with Gasteiger partial charge in [0, 0.05) is 30.7 Å². The van der Waals surface area contributed by atoms with E-state index in [0.29, 0.717) is 5.56 Å². The Morgan fingerprint density at radius 2 is 1.90 bits per heavy atom. The van der Waals surface area contributed by atoms with Crippen molar-refractivity contribution in [2.75, 3.05) is 12.4 Å². The number of aromatic nitrogens is 1. The topological polar surface area (TPSA) is 54.0 Å². The van der Waals surface area contributed by atoms with Gasteiger partial charge in [-0.1, -0.05) is 0 Å². The minimum absolute atomic E-state index is 0.0465. The van der Waals surface area contributed by atoms with Gasteiger partial charge in [-0.2, -0.15) is 0 Å². The summed E-state index contributed by atoms with van der Waals surface area (Å²) in [6, 6.07) is 9.39. The van der Waals surface area contributed by atoms with Crippen molar-refractivity contribution in [2.45, 2.75) is 19.9 Å². The lowest BCUT2D eigenvalue weighted by molar-refractivity contribution is 0.0940. The van der Waals surface area contributed by atoms with Crippen molar-refractivity contribution in [1.29, 1.82) is 0 Å². The molecule has 0 saturated heterocycles. The monoisotopic (exact) mass is 269 g/mol. The number of carbonyl (C=O) groups is 1. The maximum Gasteiger partial charge on any atom is 0.251 e. The maximum atomic E-state index is 12.2. The van der Waals surface area contributed by atoms with Gasteiger partial charge in [0.25, 0.3) is 5.91 Å². The summed E-state index contributed by atoms with van der Waals surface area (Å²) in [4.78, 5) is 16.2. The Bertz CT molecular complexity index is 596. The number of rotatable bonds is 4. The lowest BCUT2D eigenvalue weighted by Crippen LogP contribution is -2.26. The van der Waals surface area contributed by atoms with Gasteiger partial charge in [0.15, 0.2) is 0 Å². The molecule has 0 radical (unpaired) electrons. The molecular weight excluding hydrogens is 250 g/mol. The number of hydrogen-bond donors (Lipinski definition) is 2. The van der Waals surface area contributed by atoms with Crippen LogP contribution in [0, 0.1) is 6.92 Å². The van der Waals surface area contributed by atoms with Gasteiger partial charge in [0.2, 0.25) is 0 Å². The fraction of sp³-hybridized carbons (Fsp3) is 0.250. The molecule has 2 rings (SSSR count). The third kappa shape index (κ3) is 3.15. The van der Waals surface area contributed by atoms with Crippen molar-refractivity contribution in [3.63, 3.8) is 0 Å². The molecule has 20 heavy (non-hydrogen) atoms. The highest BCUT2D eigenvalue weighted by Gasteiger charge is 2.12. The Balaban J connectivity index is 2.10. The number of carbonyl (C=O) groups excluding carboxylic acids is 1. The van der Waals surface area contributed by atoms with Crippen LogP contribution in [-0.2, 0) is 0 Å². The zero-order chi connectivity index (χ0) is 14.5. The molecule has 0 bridgehead atoms. The fourth-order valence-corrected chi connectivity index (χ4v) is 2.10. The van der Waals surface area contributed by atoms with E-state index in [9.17, 15) is 4.79 Å². The fourth-order valence-electron chi connectivity index (χ4n) is 2.10. The van der Waals surface area contributed by atoms with E-state index < -0.39 is 0 Å². The number of nitrogens with one attached hydrogen (secondary N) is 2. The van der Waals surface area contributed by atoms with Crippen LogP contribution in [0.5, 0.6) is 0 Å². The number of aryl methyl sites for hydroxylation is 1. The molecule has 1 aromatic carbocycles. The molecule has 0 aliphatic heterocycles. The van der Waals surface area contributed by atoms with Crippen LogP contribution in [0.2, 0.25) is 0 Å².